The van der Waals surface area contributed by atoms with Crippen molar-refractivity contribution in [3.63, 3.8) is 0 Å². The summed E-state index contributed by atoms with van der Waals surface area (Å²) in [7, 11) is -1.12. The second kappa shape index (κ2) is 7.24. The largest absolute Gasteiger partial charge is 0.493 e. The number of nitrogen functional groups attached to an aromatic ring is 1. The molecule has 20 heavy (non-hydrogen) atoms. The van der Waals surface area contributed by atoms with Crippen LogP contribution in [0.3, 0.4) is 0 Å². The Morgan fingerprint density at radius 1 is 1.15 bits per heavy atom. The van der Waals surface area contributed by atoms with E-state index in [2.05, 4.69) is 31.9 Å². The Morgan fingerprint density at radius 3 is 2.65 bits per heavy atom. The van der Waals surface area contributed by atoms with Crippen LogP contribution in [0.15, 0.2) is 56.3 Å². The summed E-state index contributed by atoms with van der Waals surface area (Å²) in [4.78, 5) is 0.733. The third-order valence-electron chi connectivity index (χ3n) is 2.53. The quantitative estimate of drug-likeness (QED) is 0.747. The van der Waals surface area contributed by atoms with Crippen molar-refractivity contribution in [1.82, 2.24) is 0 Å². The Balaban J connectivity index is 1.92. The van der Waals surface area contributed by atoms with Gasteiger partial charge in [-0.2, -0.15) is 0 Å². The first-order chi connectivity index (χ1) is 9.56. The van der Waals surface area contributed by atoms with Crippen LogP contribution in [-0.4, -0.2) is 16.6 Å². The van der Waals surface area contributed by atoms with E-state index in [0.29, 0.717) is 18.0 Å². The van der Waals surface area contributed by atoms with Crippen molar-refractivity contribution in [3.8, 4) is 5.75 Å². The summed E-state index contributed by atoms with van der Waals surface area (Å²) in [6, 6.07) is 12.8. The molecule has 0 bridgehead atoms. The molecule has 2 N–H and O–H groups in total. The Bertz CT molecular complexity index is 634. The monoisotopic (exact) mass is 417 g/mol. The summed E-state index contributed by atoms with van der Waals surface area (Å²) in [5.41, 5.74) is 6.30. The third kappa shape index (κ3) is 4.33. The lowest BCUT2D eigenvalue weighted by atomic mass is 10.3. The molecule has 0 radical (unpaired) electrons. The SMILES string of the molecule is Nc1ccc(S(=O)CCOc2cccc(Br)c2)c(Br)c1. The average molecular weight is 419 g/mol. The fourth-order valence-electron chi connectivity index (χ4n) is 1.60. The van der Waals surface area contributed by atoms with Gasteiger partial charge >= 0.3 is 0 Å². The second-order valence-electron chi connectivity index (χ2n) is 4.05. The molecule has 1 atom stereocenters. The standard InChI is InChI=1S/C14H13Br2NO2S/c15-10-2-1-3-12(8-10)19-6-7-20(18)14-5-4-11(17)9-13(14)16/h1-5,8-9H,6-7,17H2. The van der Waals surface area contributed by atoms with Crippen LogP contribution in [0.25, 0.3) is 0 Å². The highest BCUT2D eigenvalue weighted by molar-refractivity contribution is 9.10. The van der Waals surface area contributed by atoms with Crippen LogP contribution in [0.4, 0.5) is 5.69 Å². The van der Waals surface area contributed by atoms with Crippen LogP contribution in [0.1, 0.15) is 0 Å². The van der Waals surface area contributed by atoms with E-state index in [1.54, 1.807) is 18.2 Å². The number of rotatable bonds is 5. The highest BCUT2D eigenvalue weighted by Gasteiger charge is 2.09. The molecule has 0 aliphatic carbocycles. The van der Waals surface area contributed by atoms with Gasteiger partial charge in [0, 0.05) is 14.6 Å². The van der Waals surface area contributed by atoms with Crippen molar-refractivity contribution in [2.75, 3.05) is 18.1 Å². The number of benzene rings is 2. The molecule has 2 aromatic carbocycles. The average Bonchev–Trinajstić information content (AvgIpc) is 2.38. The van der Waals surface area contributed by atoms with Crippen LogP contribution >= 0.6 is 31.9 Å². The van der Waals surface area contributed by atoms with Gasteiger partial charge in [0.1, 0.15) is 12.4 Å². The minimum atomic E-state index is -1.12. The van der Waals surface area contributed by atoms with E-state index in [1.165, 1.54) is 0 Å². The summed E-state index contributed by atoms with van der Waals surface area (Å²) in [6.45, 7) is 0.389. The first-order valence-corrected chi connectivity index (χ1v) is 8.78. The number of hydrogen-bond donors (Lipinski definition) is 1. The molecule has 0 saturated heterocycles. The molecule has 1 unspecified atom stereocenters. The zero-order chi connectivity index (χ0) is 14.5. The van der Waals surface area contributed by atoms with Gasteiger partial charge in [-0.25, -0.2) is 0 Å². The van der Waals surface area contributed by atoms with Crippen molar-refractivity contribution in [3.05, 3.63) is 51.4 Å². The number of ether oxygens (including phenoxy) is 1. The molecule has 106 valence electrons. The lowest BCUT2D eigenvalue weighted by Gasteiger charge is -2.08. The molecular weight excluding hydrogens is 406 g/mol. The van der Waals surface area contributed by atoms with E-state index < -0.39 is 10.8 Å². The Labute approximate surface area is 137 Å². The number of nitrogens with two attached hydrogens (primary N) is 1. The van der Waals surface area contributed by atoms with Crippen molar-refractivity contribution >= 4 is 48.3 Å². The highest BCUT2D eigenvalue weighted by atomic mass is 79.9. The molecule has 0 aromatic heterocycles. The van der Waals surface area contributed by atoms with Crippen LogP contribution in [-0.2, 0) is 10.8 Å². The Hall–Kier alpha value is -0.850. The van der Waals surface area contributed by atoms with Gasteiger partial charge in [0.25, 0.3) is 0 Å². The van der Waals surface area contributed by atoms with Gasteiger partial charge < -0.3 is 10.5 Å². The number of anilines is 1. The first kappa shape index (κ1) is 15.5. The van der Waals surface area contributed by atoms with E-state index >= 15 is 0 Å². The fraction of sp³-hybridized carbons (Fsp3) is 0.143. The highest BCUT2D eigenvalue weighted by Crippen LogP contribution is 2.23. The zero-order valence-electron chi connectivity index (χ0n) is 10.5. The van der Waals surface area contributed by atoms with Gasteiger partial charge in [0.15, 0.2) is 0 Å². The molecule has 0 saturated carbocycles. The van der Waals surface area contributed by atoms with Crippen LogP contribution in [0.5, 0.6) is 5.75 Å². The second-order valence-corrected chi connectivity index (χ2v) is 7.35. The summed E-state index contributed by atoms with van der Waals surface area (Å²) in [5, 5.41) is 0. The summed E-state index contributed by atoms with van der Waals surface area (Å²) >= 11 is 6.75. The predicted octanol–water partition coefficient (Wildman–Crippen LogP) is 3.98. The zero-order valence-corrected chi connectivity index (χ0v) is 14.5. The molecular formula is C14H13Br2NO2S. The Morgan fingerprint density at radius 2 is 1.95 bits per heavy atom. The van der Waals surface area contributed by atoms with Gasteiger partial charge in [-0.05, 0) is 52.3 Å². The lowest BCUT2D eigenvalue weighted by Crippen LogP contribution is -2.09. The summed E-state index contributed by atoms with van der Waals surface area (Å²) in [5.74, 6) is 1.18. The molecule has 2 aromatic rings. The van der Waals surface area contributed by atoms with Gasteiger partial charge in [0.2, 0.25) is 0 Å². The van der Waals surface area contributed by atoms with Crippen molar-refractivity contribution in [2.45, 2.75) is 4.90 Å². The van der Waals surface area contributed by atoms with Gasteiger partial charge in [-0.1, -0.05) is 22.0 Å². The maximum absolute atomic E-state index is 12.2. The Kier molecular flexibility index (Phi) is 5.63. The minimum Gasteiger partial charge on any atom is -0.493 e. The molecule has 0 amide bonds. The number of halogens is 2. The van der Waals surface area contributed by atoms with Gasteiger partial charge in [0.05, 0.1) is 21.4 Å². The molecule has 0 aliphatic rings. The molecule has 3 nitrogen and oxygen atoms in total. The molecule has 0 heterocycles. The van der Waals surface area contributed by atoms with Crippen LogP contribution in [0, 0.1) is 0 Å². The van der Waals surface area contributed by atoms with E-state index in [4.69, 9.17) is 10.5 Å². The lowest BCUT2D eigenvalue weighted by molar-refractivity contribution is 0.342. The topological polar surface area (TPSA) is 52.3 Å². The third-order valence-corrected chi connectivity index (χ3v) is 5.33. The smallest absolute Gasteiger partial charge is 0.120 e. The molecule has 0 aliphatic heterocycles. The van der Waals surface area contributed by atoms with E-state index in [9.17, 15) is 4.21 Å². The van der Waals surface area contributed by atoms with Crippen molar-refractivity contribution in [1.29, 1.82) is 0 Å². The van der Waals surface area contributed by atoms with Crippen LogP contribution < -0.4 is 10.5 Å². The first-order valence-electron chi connectivity index (χ1n) is 5.88. The van der Waals surface area contributed by atoms with E-state index in [0.717, 1.165) is 19.6 Å². The molecule has 6 heteroatoms. The maximum Gasteiger partial charge on any atom is 0.120 e. The minimum absolute atomic E-state index is 0.389. The van der Waals surface area contributed by atoms with E-state index in [1.807, 2.05) is 24.3 Å². The van der Waals surface area contributed by atoms with Crippen LogP contribution in [0.2, 0.25) is 0 Å². The maximum atomic E-state index is 12.2. The molecule has 0 spiro atoms. The van der Waals surface area contributed by atoms with E-state index in [-0.39, 0.29) is 0 Å². The normalized spacial score (nSPS) is 12.1. The summed E-state index contributed by atoms with van der Waals surface area (Å²) in [6.07, 6.45) is 0. The number of hydrogen-bond acceptors (Lipinski definition) is 3. The summed E-state index contributed by atoms with van der Waals surface area (Å²) < 4.78 is 19.5. The van der Waals surface area contributed by atoms with Gasteiger partial charge in [-0.3, -0.25) is 4.21 Å². The predicted molar refractivity (Wildman–Crippen MR) is 89.5 cm³/mol. The molecule has 2 rings (SSSR count). The van der Waals surface area contributed by atoms with Crippen molar-refractivity contribution in [2.24, 2.45) is 0 Å². The van der Waals surface area contributed by atoms with Crippen molar-refractivity contribution < 1.29 is 8.95 Å². The molecule has 0 fully saturated rings. The fourth-order valence-corrected chi connectivity index (χ4v) is 3.87. The van der Waals surface area contributed by atoms with Gasteiger partial charge in [-0.15, -0.1) is 0 Å².